The summed E-state index contributed by atoms with van der Waals surface area (Å²) in [7, 11) is 1.62. The molecule has 0 saturated carbocycles. The van der Waals surface area contributed by atoms with Crippen LogP contribution in [0, 0.1) is 5.92 Å². The Labute approximate surface area is 159 Å². The van der Waals surface area contributed by atoms with Crippen LogP contribution in [0.25, 0.3) is 0 Å². The van der Waals surface area contributed by atoms with Crippen molar-refractivity contribution in [3.8, 4) is 0 Å². The standard InChI is InChI=1S/C21H29N3OS/c1-4-22-26-21-14-24(3)20(15-25)18(21)12-13-19(23-26)16(2)10-11-17-8-6-5-7-9-17/h5-9,14-16,19H,4,10-13H2,1-3H3,(H,22,23). The Balaban J connectivity index is 1.76. The minimum atomic E-state index is -0.331. The van der Waals surface area contributed by atoms with E-state index in [0.29, 0.717) is 12.0 Å². The van der Waals surface area contributed by atoms with E-state index in [1.54, 1.807) is 0 Å². The fourth-order valence-corrected chi connectivity index (χ4v) is 5.61. The van der Waals surface area contributed by atoms with Crippen molar-refractivity contribution in [2.24, 2.45) is 17.3 Å². The van der Waals surface area contributed by atoms with Crippen molar-refractivity contribution >= 4 is 17.2 Å². The van der Waals surface area contributed by atoms with Gasteiger partial charge in [0.25, 0.3) is 0 Å². The van der Waals surface area contributed by atoms with Crippen molar-refractivity contribution in [3.05, 3.63) is 53.3 Å². The van der Waals surface area contributed by atoms with Crippen LogP contribution in [0.3, 0.4) is 0 Å². The molecule has 3 rings (SSSR count). The second-order valence-electron chi connectivity index (χ2n) is 7.08. The van der Waals surface area contributed by atoms with E-state index in [-0.39, 0.29) is 10.9 Å². The summed E-state index contributed by atoms with van der Waals surface area (Å²) in [4.78, 5) is 12.7. The van der Waals surface area contributed by atoms with Crippen LogP contribution in [0.4, 0.5) is 0 Å². The van der Waals surface area contributed by atoms with E-state index >= 15 is 0 Å². The average Bonchev–Trinajstić information content (AvgIpc) is 2.88. The number of fused-ring (bicyclic) bond motifs is 1. The molecule has 0 radical (unpaired) electrons. The second-order valence-corrected chi connectivity index (χ2v) is 8.58. The Hall–Kier alpha value is -1.72. The second kappa shape index (κ2) is 8.78. The molecule has 0 bridgehead atoms. The molecule has 1 aromatic carbocycles. The lowest BCUT2D eigenvalue weighted by atomic mass is 9.91. The molecular weight excluding hydrogens is 342 g/mol. The number of hydrogen-bond acceptors (Lipinski definition) is 2. The van der Waals surface area contributed by atoms with E-state index in [9.17, 15) is 4.79 Å². The number of carbonyl (C=O) groups excluding carboxylic acids is 1. The van der Waals surface area contributed by atoms with E-state index in [0.717, 1.165) is 44.2 Å². The fourth-order valence-electron chi connectivity index (χ4n) is 3.68. The molecule has 5 heteroatoms. The molecule has 1 N–H and O–H groups in total. The zero-order chi connectivity index (χ0) is 18.5. The van der Waals surface area contributed by atoms with Crippen LogP contribution in [0.5, 0.6) is 0 Å². The van der Waals surface area contributed by atoms with Crippen LogP contribution < -0.4 is 4.72 Å². The van der Waals surface area contributed by atoms with Gasteiger partial charge in [-0.15, -0.1) is 0 Å². The van der Waals surface area contributed by atoms with E-state index in [1.165, 1.54) is 16.0 Å². The lowest BCUT2D eigenvalue weighted by Crippen LogP contribution is -2.35. The summed E-state index contributed by atoms with van der Waals surface area (Å²) in [5, 5.41) is 0. The highest BCUT2D eigenvalue weighted by molar-refractivity contribution is 7.85. The van der Waals surface area contributed by atoms with Gasteiger partial charge < -0.3 is 4.57 Å². The lowest BCUT2D eigenvalue weighted by Gasteiger charge is -2.24. The van der Waals surface area contributed by atoms with Gasteiger partial charge in [0.2, 0.25) is 0 Å². The summed E-state index contributed by atoms with van der Waals surface area (Å²) >= 11 is 0. The van der Waals surface area contributed by atoms with E-state index in [1.807, 2.05) is 11.6 Å². The van der Waals surface area contributed by atoms with Gasteiger partial charge in [-0.2, -0.15) is 0 Å². The highest BCUT2D eigenvalue weighted by Gasteiger charge is 2.27. The van der Waals surface area contributed by atoms with Crippen molar-refractivity contribution in [1.29, 1.82) is 0 Å². The predicted octanol–water partition coefficient (Wildman–Crippen LogP) is 4.11. The molecule has 0 aliphatic carbocycles. The zero-order valence-corrected chi connectivity index (χ0v) is 16.8. The summed E-state index contributed by atoms with van der Waals surface area (Å²) in [5.74, 6) is 0.565. The SMILES string of the molecule is CC/N=S1/NC(C(C)CCc2ccccc2)CCc2c1cn(C)c2C=O. The molecule has 3 atom stereocenters. The van der Waals surface area contributed by atoms with E-state index in [4.69, 9.17) is 4.36 Å². The number of aryl methyl sites for hydroxylation is 2. The van der Waals surface area contributed by atoms with Crippen LogP contribution in [0.15, 0.2) is 45.8 Å². The topological polar surface area (TPSA) is 46.4 Å². The third-order valence-electron chi connectivity index (χ3n) is 5.26. The molecule has 0 amide bonds. The van der Waals surface area contributed by atoms with Gasteiger partial charge in [-0.3, -0.25) is 4.79 Å². The van der Waals surface area contributed by atoms with Gasteiger partial charge in [0, 0.05) is 36.7 Å². The molecule has 4 nitrogen and oxygen atoms in total. The van der Waals surface area contributed by atoms with Crippen LogP contribution in [-0.4, -0.2) is 23.4 Å². The molecule has 3 unspecified atom stereocenters. The number of nitrogens with one attached hydrogen (secondary N) is 1. The first-order chi connectivity index (χ1) is 12.6. The first-order valence-corrected chi connectivity index (χ1v) is 10.7. The molecule has 0 spiro atoms. The van der Waals surface area contributed by atoms with Gasteiger partial charge in [-0.1, -0.05) is 37.3 Å². The van der Waals surface area contributed by atoms with Gasteiger partial charge >= 0.3 is 0 Å². The molecule has 0 fully saturated rings. The molecule has 1 aromatic heterocycles. The monoisotopic (exact) mass is 371 g/mol. The van der Waals surface area contributed by atoms with Crippen molar-refractivity contribution in [2.45, 2.75) is 50.5 Å². The minimum Gasteiger partial charge on any atom is -0.347 e. The molecule has 0 saturated heterocycles. The Kier molecular flexibility index (Phi) is 6.43. The van der Waals surface area contributed by atoms with Crippen LogP contribution in [0.1, 0.15) is 48.3 Å². The summed E-state index contributed by atoms with van der Waals surface area (Å²) < 4.78 is 10.6. The zero-order valence-electron chi connectivity index (χ0n) is 15.9. The number of aromatic nitrogens is 1. The van der Waals surface area contributed by atoms with Gasteiger partial charge in [-0.25, -0.2) is 9.08 Å². The first kappa shape index (κ1) is 19.1. The van der Waals surface area contributed by atoms with Gasteiger partial charge in [0.1, 0.15) is 0 Å². The normalized spacial score (nSPS) is 21.2. The average molecular weight is 372 g/mol. The number of carbonyl (C=O) groups is 1. The highest BCUT2D eigenvalue weighted by Crippen LogP contribution is 2.28. The minimum absolute atomic E-state index is 0.331. The molecule has 2 aromatic rings. The van der Waals surface area contributed by atoms with E-state index < -0.39 is 0 Å². The van der Waals surface area contributed by atoms with Crippen molar-refractivity contribution < 1.29 is 4.79 Å². The first-order valence-electron chi connectivity index (χ1n) is 9.49. The Morgan fingerprint density at radius 3 is 2.85 bits per heavy atom. The van der Waals surface area contributed by atoms with Gasteiger partial charge in [0.15, 0.2) is 6.29 Å². The summed E-state index contributed by atoms with van der Waals surface area (Å²) in [6, 6.07) is 11.1. The maximum atomic E-state index is 11.5. The molecule has 1 aliphatic heterocycles. The number of nitrogens with zero attached hydrogens (tertiary/aromatic N) is 2. The lowest BCUT2D eigenvalue weighted by molar-refractivity contribution is 0.111. The van der Waals surface area contributed by atoms with Crippen molar-refractivity contribution in [2.75, 3.05) is 6.54 Å². The number of aldehydes is 1. The van der Waals surface area contributed by atoms with Gasteiger partial charge in [-0.05, 0) is 49.7 Å². The number of rotatable bonds is 6. The Bertz CT molecular complexity index is 782. The van der Waals surface area contributed by atoms with Crippen LogP contribution in [-0.2, 0) is 30.8 Å². The van der Waals surface area contributed by atoms with Crippen molar-refractivity contribution in [1.82, 2.24) is 9.29 Å². The number of hydrogen-bond donors (Lipinski definition) is 1. The Morgan fingerprint density at radius 2 is 2.15 bits per heavy atom. The maximum Gasteiger partial charge on any atom is 0.166 e. The summed E-state index contributed by atoms with van der Waals surface area (Å²) in [5.41, 5.74) is 3.40. The Morgan fingerprint density at radius 1 is 1.38 bits per heavy atom. The fraction of sp³-hybridized carbons (Fsp3) is 0.476. The van der Waals surface area contributed by atoms with E-state index in [2.05, 4.69) is 55.1 Å². The maximum absolute atomic E-state index is 11.5. The highest BCUT2D eigenvalue weighted by atomic mass is 32.2. The summed E-state index contributed by atoms with van der Waals surface area (Å²) in [6.45, 7) is 5.20. The molecule has 26 heavy (non-hydrogen) atoms. The molecule has 140 valence electrons. The summed E-state index contributed by atoms with van der Waals surface area (Å²) in [6.07, 6.45) is 7.34. The van der Waals surface area contributed by atoms with Crippen LogP contribution in [0.2, 0.25) is 0 Å². The third kappa shape index (κ3) is 4.15. The predicted molar refractivity (Wildman–Crippen MR) is 109 cm³/mol. The van der Waals surface area contributed by atoms with Crippen LogP contribution >= 0.6 is 0 Å². The molecular formula is C21H29N3OS. The van der Waals surface area contributed by atoms with Crippen molar-refractivity contribution in [3.63, 3.8) is 0 Å². The number of benzene rings is 1. The van der Waals surface area contributed by atoms with Gasteiger partial charge in [0.05, 0.1) is 10.6 Å². The largest absolute Gasteiger partial charge is 0.347 e. The third-order valence-corrected chi connectivity index (χ3v) is 7.07. The molecule has 2 heterocycles. The smallest absolute Gasteiger partial charge is 0.166 e. The quantitative estimate of drug-likeness (QED) is 0.777. The molecule has 1 aliphatic rings.